The van der Waals surface area contributed by atoms with Gasteiger partial charge in [-0.15, -0.1) is 0 Å². The van der Waals surface area contributed by atoms with E-state index in [0.717, 1.165) is 30.4 Å². The summed E-state index contributed by atoms with van der Waals surface area (Å²) in [5, 5.41) is 8.41. The molecule has 2 aliphatic carbocycles. The molecule has 2 aliphatic rings. The molecule has 1 N–H and O–H groups in total. The molecule has 0 saturated carbocycles. The van der Waals surface area contributed by atoms with Crippen LogP contribution >= 0.6 is 0 Å². The summed E-state index contributed by atoms with van der Waals surface area (Å²) in [5.74, 6) is 0. The molecule has 2 aromatic rings. The molecule has 0 radical (unpaired) electrons. The maximum Gasteiger partial charge on any atom is 0.0690 e. The van der Waals surface area contributed by atoms with E-state index in [-0.39, 0.29) is 0 Å². The molecule has 82 valence electrons. The Labute approximate surface area is 101 Å². The zero-order valence-electron chi connectivity index (χ0n) is 9.59. The first-order chi connectivity index (χ1) is 8.34. The van der Waals surface area contributed by atoms with Crippen molar-refractivity contribution in [2.24, 2.45) is 0 Å². The van der Waals surface area contributed by atoms with Crippen molar-refractivity contribution in [1.29, 1.82) is 5.41 Å². The van der Waals surface area contributed by atoms with E-state index < -0.39 is 0 Å². The Kier molecular flexibility index (Phi) is 1.66. The summed E-state index contributed by atoms with van der Waals surface area (Å²) >= 11 is 0. The summed E-state index contributed by atoms with van der Waals surface area (Å²) in [5.41, 5.74) is 8.75. The van der Waals surface area contributed by atoms with Gasteiger partial charge in [0, 0.05) is 11.1 Å². The molecule has 4 rings (SSSR count). The van der Waals surface area contributed by atoms with Crippen LogP contribution in [0.25, 0.3) is 0 Å². The summed E-state index contributed by atoms with van der Waals surface area (Å²) in [6, 6.07) is 12.7. The lowest BCUT2D eigenvalue weighted by Crippen LogP contribution is -2.03. The number of rotatable bonds is 0. The van der Waals surface area contributed by atoms with Gasteiger partial charge < -0.3 is 0 Å². The molecule has 0 spiro atoms. The second kappa shape index (κ2) is 3.07. The van der Waals surface area contributed by atoms with Crippen LogP contribution in [0.5, 0.6) is 0 Å². The van der Waals surface area contributed by atoms with E-state index >= 15 is 0 Å². The highest BCUT2D eigenvalue weighted by Crippen LogP contribution is 2.37. The first-order valence-electron chi connectivity index (χ1n) is 6.15. The minimum absolute atomic E-state index is 0.711. The number of hydrogen-bond donors (Lipinski definition) is 1. The topological polar surface area (TPSA) is 23.9 Å². The van der Waals surface area contributed by atoms with Crippen LogP contribution in [0, 0.1) is 5.41 Å². The molecule has 1 heteroatoms. The quantitative estimate of drug-likeness (QED) is 0.600. The number of fused-ring (bicyclic) bond motifs is 4. The molecule has 0 atom stereocenters. The zero-order valence-corrected chi connectivity index (χ0v) is 9.59. The Hall–Kier alpha value is -1.89. The van der Waals surface area contributed by atoms with Gasteiger partial charge in [-0.2, -0.15) is 0 Å². The van der Waals surface area contributed by atoms with Crippen LogP contribution in [-0.2, 0) is 19.3 Å². The molecule has 0 saturated heterocycles. The minimum Gasteiger partial charge on any atom is -0.300 e. The van der Waals surface area contributed by atoms with Crippen molar-refractivity contribution in [3.8, 4) is 0 Å². The van der Waals surface area contributed by atoms with E-state index in [9.17, 15) is 0 Å². The number of nitrogens with one attached hydrogen (secondary N) is 1. The number of benzene rings is 2. The molecule has 0 unspecified atom stereocenters. The van der Waals surface area contributed by atoms with Gasteiger partial charge in [-0.25, -0.2) is 0 Å². The maximum absolute atomic E-state index is 8.41. The van der Waals surface area contributed by atoms with Gasteiger partial charge in [-0.3, -0.25) is 5.41 Å². The minimum atomic E-state index is 0.711. The molecule has 17 heavy (non-hydrogen) atoms. The molecule has 1 nitrogen and oxygen atoms in total. The fraction of sp³-hybridized carbons (Fsp3) is 0.188. The summed E-state index contributed by atoms with van der Waals surface area (Å²) < 4.78 is 0. The third kappa shape index (κ3) is 1.22. The van der Waals surface area contributed by atoms with Crippen molar-refractivity contribution in [3.05, 3.63) is 69.8 Å². The highest BCUT2D eigenvalue weighted by molar-refractivity contribution is 6.13. The van der Waals surface area contributed by atoms with E-state index in [0.29, 0.717) is 5.71 Å². The number of aryl methyl sites for hydroxylation is 1. The fourth-order valence-electron chi connectivity index (χ4n) is 2.96. The van der Waals surface area contributed by atoms with Gasteiger partial charge in [0.15, 0.2) is 0 Å². The molecule has 0 bridgehead atoms. The van der Waals surface area contributed by atoms with Crippen molar-refractivity contribution in [2.45, 2.75) is 19.3 Å². The van der Waals surface area contributed by atoms with Crippen LogP contribution in [0.2, 0.25) is 0 Å². The lowest BCUT2D eigenvalue weighted by Gasteiger charge is -2.07. The SMILES string of the molecule is N=C1c2ccccc2CCc2c1ccc1c2C1. The van der Waals surface area contributed by atoms with Crippen molar-refractivity contribution in [3.63, 3.8) is 0 Å². The van der Waals surface area contributed by atoms with Gasteiger partial charge in [-0.05, 0) is 41.5 Å². The summed E-state index contributed by atoms with van der Waals surface area (Å²) in [6.07, 6.45) is 3.32. The largest absolute Gasteiger partial charge is 0.300 e. The van der Waals surface area contributed by atoms with Crippen LogP contribution in [0.1, 0.15) is 33.4 Å². The van der Waals surface area contributed by atoms with E-state index in [4.69, 9.17) is 5.41 Å². The average Bonchev–Trinajstić information content (AvgIpc) is 3.14. The normalized spacial score (nSPS) is 15.6. The van der Waals surface area contributed by atoms with E-state index in [1.807, 2.05) is 6.07 Å². The molecule has 0 fully saturated rings. The molecule has 2 aromatic carbocycles. The summed E-state index contributed by atoms with van der Waals surface area (Å²) in [4.78, 5) is 0. The third-order valence-corrected chi connectivity index (χ3v) is 3.97. The Morgan fingerprint density at radius 1 is 0.765 bits per heavy atom. The smallest absolute Gasteiger partial charge is 0.0690 e. The predicted molar refractivity (Wildman–Crippen MR) is 69.0 cm³/mol. The average molecular weight is 219 g/mol. The van der Waals surface area contributed by atoms with E-state index in [1.165, 1.54) is 22.3 Å². The Morgan fingerprint density at radius 3 is 2.59 bits per heavy atom. The Balaban J connectivity index is 1.97. The third-order valence-electron chi connectivity index (χ3n) is 3.97. The zero-order chi connectivity index (χ0) is 11.4. The van der Waals surface area contributed by atoms with Crippen LogP contribution in [0.4, 0.5) is 0 Å². The standard InChI is InChI=1S/C16H13N/c17-16-12-4-2-1-3-10(12)5-7-13-14(16)8-6-11-9-15(11)13/h1-4,6,8,17H,5,7,9H2. The molecular weight excluding hydrogens is 206 g/mol. The Bertz CT molecular complexity index is 653. The monoisotopic (exact) mass is 219 g/mol. The maximum atomic E-state index is 8.41. The van der Waals surface area contributed by atoms with Gasteiger partial charge in [0.1, 0.15) is 0 Å². The molecule has 0 aromatic heterocycles. The van der Waals surface area contributed by atoms with Crippen LogP contribution in [-0.4, -0.2) is 5.71 Å². The highest BCUT2D eigenvalue weighted by Gasteiger charge is 2.27. The summed E-state index contributed by atoms with van der Waals surface area (Å²) in [7, 11) is 0. The van der Waals surface area contributed by atoms with E-state index in [2.05, 4.69) is 30.3 Å². The van der Waals surface area contributed by atoms with Crippen molar-refractivity contribution < 1.29 is 0 Å². The molecule has 0 aliphatic heterocycles. The first kappa shape index (κ1) is 9.17. The van der Waals surface area contributed by atoms with Gasteiger partial charge in [-0.1, -0.05) is 36.4 Å². The number of hydrogen-bond acceptors (Lipinski definition) is 1. The van der Waals surface area contributed by atoms with Crippen molar-refractivity contribution in [1.82, 2.24) is 0 Å². The van der Waals surface area contributed by atoms with Gasteiger partial charge in [0.2, 0.25) is 0 Å². The van der Waals surface area contributed by atoms with Gasteiger partial charge in [0.25, 0.3) is 0 Å². The molecular formula is C16H13N. The van der Waals surface area contributed by atoms with Gasteiger partial charge >= 0.3 is 0 Å². The second-order valence-electron chi connectivity index (χ2n) is 4.94. The molecule has 0 amide bonds. The Morgan fingerprint density at radius 2 is 1.65 bits per heavy atom. The molecule has 0 heterocycles. The van der Waals surface area contributed by atoms with Crippen LogP contribution in [0.15, 0.2) is 36.4 Å². The predicted octanol–water partition coefficient (Wildman–Crippen LogP) is 3.11. The van der Waals surface area contributed by atoms with E-state index in [1.54, 1.807) is 0 Å². The van der Waals surface area contributed by atoms with Crippen LogP contribution in [0.3, 0.4) is 0 Å². The van der Waals surface area contributed by atoms with Crippen molar-refractivity contribution >= 4 is 5.71 Å². The second-order valence-corrected chi connectivity index (χ2v) is 4.94. The fourth-order valence-corrected chi connectivity index (χ4v) is 2.96. The van der Waals surface area contributed by atoms with Crippen molar-refractivity contribution in [2.75, 3.05) is 0 Å². The highest BCUT2D eigenvalue weighted by atomic mass is 14.5. The lowest BCUT2D eigenvalue weighted by atomic mass is 9.98. The summed E-state index contributed by atoms with van der Waals surface area (Å²) in [6.45, 7) is 0. The first-order valence-corrected chi connectivity index (χ1v) is 6.15. The van der Waals surface area contributed by atoms with Crippen LogP contribution < -0.4 is 0 Å². The lowest BCUT2D eigenvalue weighted by molar-refractivity contribution is 0.963. The van der Waals surface area contributed by atoms with Gasteiger partial charge in [0.05, 0.1) is 5.71 Å².